The molecule has 2 atom stereocenters. The van der Waals surface area contributed by atoms with Gasteiger partial charge < -0.3 is 9.47 Å². The molecule has 4 heteroatoms. The Balaban J connectivity index is 2.37. The molecule has 0 bridgehead atoms. The predicted octanol–water partition coefficient (Wildman–Crippen LogP) is 0.686. The summed E-state index contributed by atoms with van der Waals surface area (Å²) in [5.41, 5.74) is 0. The van der Waals surface area contributed by atoms with E-state index in [-0.39, 0.29) is 18.5 Å². The highest BCUT2D eigenvalue weighted by molar-refractivity contribution is 5.74. The Morgan fingerprint density at radius 2 is 2.46 bits per heavy atom. The molecule has 0 aromatic carbocycles. The summed E-state index contributed by atoms with van der Waals surface area (Å²) in [4.78, 5) is 21.3. The van der Waals surface area contributed by atoms with Gasteiger partial charge >= 0.3 is 5.97 Å². The number of carbonyl (C=O) groups is 2. The van der Waals surface area contributed by atoms with Crippen molar-refractivity contribution in [3.8, 4) is 0 Å². The third kappa shape index (κ3) is 3.14. The van der Waals surface area contributed by atoms with Gasteiger partial charge in [-0.2, -0.15) is 0 Å². The first-order chi connectivity index (χ1) is 6.26. The normalized spacial score (nSPS) is 28.2. The number of hydrogen-bond donors (Lipinski definition) is 0. The first-order valence-corrected chi connectivity index (χ1v) is 4.52. The summed E-state index contributed by atoms with van der Waals surface area (Å²) < 4.78 is 10.1. The average molecular weight is 186 g/mol. The van der Waals surface area contributed by atoms with E-state index in [1.165, 1.54) is 0 Å². The second-order valence-electron chi connectivity index (χ2n) is 3.10. The molecule has 0 unspecified atom stereocenters. The van der Waals surface area contributed by atoms with Crippen molar-refractivity contribution in [1.29, 1.82) is 0 Å². The van der Waals surface area contributed by atoms with Gasteiger partial charge in [-0.05, 0) is 6.42 Å². The zero-order valence-electron chi connectivity index (χ0n) is 7.69. The Labute approximate surface area is 77.2 Å². The van der Waals surface area contributed by atoms with Crippen LogP contribution in [0.3, 0.4) is 0 Å². The Kier molecular flexibility index (Phi) is 3.89. The summed E-state index contributed by atoms with van der Waals surface area (Å²) in [5, 5.41) is 0. The molecular weight excluding hydrogens is 172 g/mol. The van der Waals surface area contributed by atoms with Crippen LogP contribution in [0.2, 0.25) is 0 Å². The van der Waals surface area contributed by atoms with Crippen molar-refractivity contribution in [2.24, 2.45) is 0 Å². The van der Waals surface area contributed by atoms with Gasteiger partial charge in [-0.3, -0.25) is 9.59 Å². The van der Waals surface area contributed by atoms with E-state index >= 15 is 0 Å². The van der Waals surface area contributed by atoms with Gasteiger partial charge in [0, 0.05) is 13.0 Å². The molecule has 13 heavy (non-hydrogen) atoms. The maximum atomic E-state index is 10.9. The second kappa shape index (κ2) is 4.97. The van der Waals surface area contributed by atoms with E-state index in [1.807, 2.05) is 6.92 Å². The van der Waals surface area contributed by atoms with Crippen molar-refractivity contribution in [2.45, 2.75) is 38.4 Å². The number of carbonyl (C=O) groups excluding carboxylic acids is 2. The first-order valence-electron chi connectivity index (χ1n) is 4.52. The summed E-state index contributed by atoms with van der Waals surface area (Å²) in [6, 6.07) is 0. The number of hydrogen-bond acceptors (Lipinski definition) is 4. The number of cyclic esters (lactones) is 1. The summed E-state index contributed by atoms with van der Waals surface area (Å²) in [6.07, 6.45) is 1.58. The van der Waals surface area contributed by atoms with Crippen LogP contribution in [-0.4, -0.2) is 31.1 Å². The molecule has 0 aromatic heterocycles. The third-order valence-electron chi connectivity index (χ3n) is 1.88. The Morgan fingerprint density at radius 3 is 3.08 bits per heavy atom. The molecule has 1 fully saturated rings. The van der Waals surface area contributed by atoms with Gasteiger partial charge in [0.15, 0.2) is 12.4 Å². The van der Waals surface area contributed by atoms with Gasteiger partial charge in [0.25, 0.3) is 0 Å². The largest absolute Gasteiger partial charge is 0.454 e. The molecule has 0 saturated carbocycles. The molecule has 4 nitrogen and oxygen atoms in total. The minimum Gasteiger partial charge on any atom is -0.454 e. The smallest absolute Gasteiger partial charge is 0.309 e. The Bertz CT molecular complexity index is 190. The van der Waals surface area contributed by atoms with E-state index in [0.717, 1.165) is 6.42 Å². The standard InChI is InChI=1S/C9H14O4/c1-2-3-12-7-4-8(6-10)13-9(11)5-7/h6-8H,2-5H2,1H3/t7-,8+/m1/s1. The maximum absolute atomic E-state index is 10.9. The van der Waals surface area contributed by atoms with Crippen LogP contribution in [0.1, 0.15) is 26.2 Å². The first kappa shape index (κ1) is 10.2. The van der Waals surface area contributed by atoms with Crippen LogP contribution in [-0.2, 0) is 19.1 Å². The molecule has 0 aliphatic carbocycles. The molecule has 1 saturated heterocycles. The molecule has 1 aliphatic rings. The van der Waals surface area contributed by atoms with E-state index in [0.29, 0.717) is 19.3 Å². The number of rotatable bonds is 4. The van der Waals surface area contributed by atoms with Crippen LogP contribution in [0.25, 0.3) is 0 Å². The lowest BCUT2D eigenvalue weighted by molar-refractivity contribution is -0.164. The Hall–Kier alpha value is -0.900. The van der Waals surface area contributed by atoms with Crippen LogP contribution in [0.4, 0.5) is 0 Å². The molecular formula is C9H14O4. The van der Waals surface area contributed by atoms with Gasteiger partial charge in [0.1, 0.15) is 0 Å². The van der Waals surface area contributed by atoms with Crippen molar-refractivity contribution in [1.82, 2.24) is 0 Å². The lowest BCUT2D eigenvalue weighted by Crippen LogP contribution is -2.35. The fourth-order valence-corrected chi connectivity index (χ4v) is 1.29. The van der Waals surface area contributed by atoms with Gasteiger partial charge in [0.05, 0.1) is 12.5 Å². The maximum Gasteiger partial charge on any atom is 0.309 e. The second-order valence-corrected chi connectivity index (χ2v) is 3.10. The summed E-state index contributed by atoms with van der Waals surface area (Å²) in [5.74, 6) is -0.343. The molecule has 1 aliphatic heterocycles. The fraction of sp³-hybridized carbons (Fsp3) is 0.778. The molecule has 0 spiro atoms. The molecule has 1 rings (SSSR count). The van der Waals surface area contributed by atoms with Gasteiger partial charge in [-0.15, -0.1) is 0 Å². The summed E-state index contributed by atoms with van der Waals surface area (Å²) in [7, 11) is 0. The van der Waals surface area contributed by atoms with E-state index in [2.05, 4.69) is 0 Å². The minimum absolute atomic E-state index is 0.142. The quantitative estimate of drug-likeness (QED) is 0.478. The number of aldehydes is 1. The van der Waals surface area contributed by atoms with E-state index in [1.54, 1.807) is 0 Å². The number of ether oxygens (including phenoxy) is 2. The van der Waals surface area contributed by atoms with Crippen molar-refractivity contribution >= 4 is 12.3 Å². The van der Waals surface area contributed by atoms with Crippen LogP contribution >= 0.6 is 0 Å². The molecule has 0 aromatic rings. The van der Waals surface area contributed by atoms with E-state index < -0.39 is 6.10 Å². The van der Waals surface area contributed by atoms with Crippen molar-refractivity contribution < 1.29 is 19.1 Å². The van der Waals surface area contributed by atoms with Gasteiger partial charge in [-0.25, -0.2) is 0 Å². The molecule has 0 amide bonds. The molecule has 1 heterocycles. The average Bonchev–Trinajstić information content (AvgIpc) is 2.14. The minimum atomic E-state index is -0.608. The highest BCUT2D eigenvalue weighted by atomic mass is 16.6. The van der Waals surface area contributed by atoms with Crippen molar-refractivity contribution in [3.05, 3.63) is 0 Å². The van der Waals surface area contributed by atoms with Crippen LogP contribution < -0.4 is 0 Å². The van der Waals surface area contributed by atoms with Crippen molar-refractivity contribution in [2.75, 3.05) is 6.61 Å². The zero-order valence-corrected chi connectivity index (χ0v) is 7.69. The summed E-state index contributed by atoms with van der Waals surface area (Å²) >= 11 is 0. The molecule has 74 valence electrons. The molecule has 0 N–H and O–H groups in total. The Morgan fingerprint density at radius 1 is 1.69 bits per heavy atom. The third-order valence-corrected chi connectivity index (χ3v) is 1.88. The van der Waals surface area contributed by atoms with Crippen LogP contribution in [0.15, 0.2) is 0 Å². The van der Waals surface area contributed by atoms with Crippen LogP contribution in [0, 0.1) is 0 Å². The van der Waals surface area contributed by atoms with Gasteiger partial charge in [-0.1, -0.05) is 6.92 Å². The SMILES string of the molecule is CCCO[C@H]1CC(=O)O[C@H](C=O)C1. The number of esters is 1. The summed E-state index contributed by atoms with van der Waals surface area (Å²) in [6.45, 7) is 2.63. The molecule has 0 radical (unpaired) electrons. The van der Waals surface area contributed by atoms with Crippen LogP contribution in [0.5, 0.6) is 0 Å². The van der Waals surface area contributed by atoms with E-state index in [9.17, 15) is 9.59 Å². The highest BCUT2D eigenvalue weighted by Crippen LogP contribution is 2.16. The van der Waals surface area contributed by atoms with E-state index in [4.69, 9.17) is 9.47 Å². The lowest BCUT2D eigenvalue weighted by atomic mass is 10.1. The topological polar surface area (TPSA) is 52.6 Å². The predicted molar refractivity (Wildman–Crippen MR) is 45.2 cm³/mol. The monoisotopic (exact) mass is 186 g/mol. The zero-order chi connectivity index (χ0) is 9.68. The lowest BCUT2D eigenvalue weighted by Gasteiger charge is -2.25. The van der Waals surface area contributed by atoms with Gasteiger partial charge in [0.2, 0.25) is 0 Å². The fourth-order valence-electron chi connectivity index (χ4n) is 1.29. The highest BCUT2D eigenvalue weighted by Gasteiger charge is 2.28. The van der Waals surface area contributed by atoms with Crippen molar-refractivity contribution in [3.63, 3.8) is 0 Å².